The Labute approximate surface area is 93.9 Å². The molecule has 16 heavy (non-hydrogen) atoms. The van der Waals surface area contributed by atoms with Crippen molar-refractivity contribution in [2.24, 2.45) is 0 Å². The van der Waals surface area contributed by atoms with E-state index in [0.717, 1.165) is 5.69 Å². The molecule has 1 N–H and O–H groups in total. The summed E-state index contributed by atoms with van der Waals surface area (Å²) in [5.74, 6) is 0.350. The van der Waals surface area contributed by atoms with E-state index in [-0.39, 0.29) is 6.42 Å². The highest BCUT2D eigenvalue weighted by Gasteiger charge is 2.13. The van der Waals surface area contributed by atoms with E-state index < -0.39 is 5.97 Å². The van der Waals surface area contributed by atoms with Crippen molar-refractivity contribution in [3.05, 3.63) is 12.0 Å². The van der Waals surface area contributed by atoms with Gasteiger partial charge in [0.15, 0.2) is 11.6 Å². The minimum Gasteiger partial charge on any atom is -0.491 e. The van der Waals surface area contributed by atoms with Crippen molar-refractivity contribution in [1.82, 2.24) is 9.97 Å². The average Bonchev–Trinajstić information content (AvgIpc) is 2.25. The summed E-state index contributed by atoms with van der Waals surface area (Å²) in [7, 11) is 3.31. The topological polar surface area (TPSA) is 75.6 Å². The van der Waals surface area contributed by atoms with Crippen molar-refractivity contribution >= 4 is 11.8 Å². The van der Waals surface area contributed by atoms with Gasteiger partial charge in [0, 0.05) is 13.6 Å². The molecule has 0 amide bonds. The quantitative estimate of drug-likeness (QED) is 0.795. The zero-order chi connectivity index (χ0) is 12.1. The molecule has 0 aliphatic rings. The van der Waals surface area contributed by atoms with Gasteiger partial charge in [-0.1, -0.05) is 0 Å². The summed E-state index contributed by atoms with van der Waals surface area (Å²) >= 11 is 0. The van der Waals surface area contributed by atoms with Gasteiger partial charge in [0.25, 0.3) is 0 Å². The van der Waals surface area contributed by atoms with E-state index in [2.05, 4.69) is 9.97 Å². The molecule has 6 nitrogen and oxygen atoms in total. The molecule has 0 atom stereocenters. The molecule has 1 rings (SSSR count). The Morgan fingerprint density at radius 3 is 2.81 bits per heavy atom. The first-order valence-corrected chi connectivity index (χ1v) is 4.84. The second kappa shape index (κ2) is 5.29. The lowest BCUT2D eigenvalue weighted by molar-refractivity contribution is -0.136. The van der Waals surface area contributed by atoms with Gasteiger partial charge in [-0.3, -0.25) is 4.79 Å². The van der Waals surface area contributed by atoms with Gasteiger partial charge in [-0.25, -0.2) is 9.97 Å². The summed E-state index contributed by atoms with van der Waals surface area (Å²) in [6, 6.07) is 0. The highest BCUT2D eigenvalue weighted by Crippen LogP contribution is 2.26. The van der Waals surface area contributed by atoms with Gasteiger partial charge >= 0.3 is 5.97 Å². The van der Waals surface area contributed by atoms with Crippen molar-refractivity contribution in [1.29, 1.82) is 0 Å². The van der Waals surface area contributed by atoms with Crippen LogP contribution in [0, 0.1) is 6.92 Å². The fourth-order valence-electron chi connectivity index (χ4n) is 1.33. The number of hydrogen-bond acceptors (Lipinski definition) is 5. The molecule has 0 aliphatic heterocycles. The van der Waals surface area contributed by atoms with E-state index in [4.69, 9.17) is 9.84 Å². The number of methoxy groups -OCH3 is 1. The van der Waals surface area contributed by atoms with Crippen LogP contribution in [0.15, 0.2) is 6.33 Å². The van der Waals surface area contributed by atoms with Crippen LogP contribution in [0.3, 0.4) is 0 Å². The van der Waals surface area contributed by atoms with E-state index in [1.165, 1.54) is 6.33 Å². The number of anilines is 1. The Morgan fingerprint density at radius 1 is 1.56 bits per heavy atom. The Hall–Kier alpha value is -1.85. The zero-order valence-electron chi connectivity index (χ0n) is 9.60. The molecular weight excluding hydrogens is 210 g/mol. The van der Waals surface area contributed by atoms with E-state index >= 15 is 0 Å². The largest absolute Gasteiger partial charge is 0.491 e. The second-order valence-corrected chi connectivity index (χ2v) is 3.38. The zero-order valence-corrected chi connectivity index (χ0v) is 9.60. The van der Waals surface area contributed by atoms with Crippen molar-refractivity contribution < 1.29 is 14.6 Å². The molecular formula is C10H15N3O3. The van der Waals surface area contributed by atoms with E-state index in [1.807, 2.05) is 6.92 Å². The van der Waals surface area contributed by atoms with Crippen LogP contribution >= 0.6 is 0 Å². The first kappa shape index (κ1) is 12.2. The molecule has 0 aliphatic carbocycles. The predicted octanol–water partition coefficient (Wildman–Crippen LogP) is 0.705. The van der Waals surface area contributed by atoms with Gasteiger partial charge in [-0.15, -0.1) is 0 Å². The lowest BCUT2D eigenvalue weighted by Crippen LogP contribution is -2.23. The molecule has 0 aromatic carbocycles. The van der Waals surface area contributed by atoms with Gasteiger partial charge in [0.05, 0.1) is 19.2 Å². The lowest BCUT2D eigenvalue weighted by Gasteiger charge is -2.19. The maximum absolute atomic E-state index is 10.5. The second-order valence-electron chi connectivity index (χ2n) is 3.38. The third-order valence-corrected chi connectivity index (χ3v) is 2.19. The highest BCUT2D eigenvalue weighted by atomic mass is 16.5. The van der Waals surface area contributed by atoms with Crippen LogP contribution in [-0.2, 0) is 4.79 Å². The van der Waals surface area contributed by atoms with Gasteiger partial charge < -0.3 is 14.7 Å². The van der Waals surface area contributed by atoms with Crippen LogP contribution < -0.4 is 9.64 Å². The number of carboxylic acid groups (broad SMARTS) is 1. The summed E-state index contributed by atoms with van der Waals surface area (Å²) in [6.45, 7) is 2.19. The van der Waals surface area contributed by atoms with Crippen molar-refractivity contribution in [3.8, 4) is 5.75 Å². The van der Waals surface area contributed by atoms with Crippen LogP contribution in [0.4, 0.5) is 5.82 Å². The minimum absolute atomic E-state index is 0.0582. The number of aliphatic carboxylic acids is 1. The summed E-state index contributed by atoms with van der Waals surface area (Å²) < 4.78 is 5.19. The Balaban J connectivity index is 2.85. The smallest absolute Gasteiger partial charge is 0.305 e. The van der Waals surface area contributed by atoms with Crippen LogP contribution in [0.5, 0.6) is 5.75 Å². The number of nitrogens with zero attached hydrogens (tertiary/aromatic N) is 3. The Kier molecular flexibility index (Phi) is 4.04. The molecule has 1 aromatic heterocycles. The first-order valence-electron chi connectivity index (χ1n) is 4.84. The molecule has 1 heterocycles. The molecule has 0 fully saturated rings. The van der Waals surface area contributed by atoms with Crippen molar-refractivity contribution in [3.63, 3.8) is 0 Å². The normalized spacial score (nSPS) is 9.94. The minimum atomic E-state index is -0.836. The molecule has 0 bridgehead atoms. The number of hydrogen-bond donors (Lipinski definition) is 1. The SMILES string of the molecule is COc1c(C)ncnc1N(C)CCC(=O)O. The monoisotopic (exact) mass is 225 g/mol. The number of rotatable bonds is 5. The molecule has 1 aromatic rings. The van der Waals surface area contributed by atoms with E-state index in [9.17, 15) is 4.79 Å². The van der Waals surface area contributed by atoms with E-state index in [1.54, 1.807) is 19.1 Å². The number of carboxylic acids is 1. The predicted molar refractivity (Wildman–Crippen MR) is 58.8 cm³/mol. The summed E-state index contributed by atoms with van der Waals surface area (Å²) in [5.41, 5.74) is 0.731. The van der Waals surface area contributed by atoms with Crippen LogP contribution in [0.2, 0.25) is 0 Å². The number of aryl methyl sites for hydroxylation is 1. The van der Waals surface area contributed by atoms with Gasteiger partial charge in [-0.2, -0.15) is 0 Å². The van der Waals surface area contributed by atoms with Gasteiger partial charge in [-0.05, 0) is 6.92 Å². The molecule has 0 saturated carbocycles. The number of carbonyl (C=O) groups is 1. The summed E-state index contributed by atoms with van der Waals surface area (Å²) in [4.78, 5) is 20.3. The Bertz CT molecular complexity index is 382. The molecule has 0 radical (unpaired) electrons. The van der Waals surface area contributed by atoms with Crippen LogP contribution in [0.25, 0.3) is 0 Å². The third kappa shape index (κ3) is 2.82. The Morgan fingerprint density at radius 2 is 2.25 bits per heavy atom. The van der Waals surface area contributed by atoms with Crippen LogP contribution in [-0.4, -0.2) is 41.7 Å². The number of ether oxygens (including phenoxy) is 1. The van der Waals surface area contributed by atoms with Crippen molar-refractivity contribution in [2.45, 2.75) is 13.3 Å². The standard InChI is InChI=1S/C10H15N3O3/c1-7-9(16-3)10(12-6-11-7)13(2)5-4-8(14)15/h6H,4-5H2,1-3H3,(H,14,15). The maximum Gasteiger partial charge on any atom is 0.305 e. The summed E-state index contributed by atoms with van der Waals surface area (Å²) in [6.07, 6.45) is 1.49. The maximum atomic E-state index is 10.5. The van der Waals surface area contributed by atoms with Crippen LogP contribution in [0.1, 0.15) is 12.1 Å². The first-order chi connectivity index (χ1) is 7.56. The third-order valence-electron chi connectivity index (χ3n) is 2.19. The fraction of sp³-hybridized carbons (Fsp3) is 0.500. The molecule has 6 heteroatoms. The average molecular weight is 225 g/mol. The summed E-state index contributed by atoms with van der Waals surface area (Å²) in [5, 5.41) is 8.60. The highest BCUT2D eigenvalue weighted by molar-refractivity contribution is 5.67. The van der Waals surface area contributed by atoms with Gasteiger partial charge in [0.1, 0.15) is 6.33 Å². The van der Waals surface area contributed by atoms with Crippen molar-refractivity contribution in [2.75, 3.05) is 25.6 Å². The molecule has 0 spiro atoms. The van der Waals surface area contributed by atoms with Gasteiger partial charge in [0.2, 0.25) is 0 Å². The molecule has 88 valence electrons. The molecule has 0 saturated heterocycles. The lowest BCUT2D eigenvalue weighted by atomic mass is 10.3. The fourth-order valence-corrected chi connectivity index (χ4v) is 1.33. The van der Waals surface area contributed by atoms with E-state index in [0.29, 0.717) is 18.1 Å². The number of aromatic nitrogens is 2. The molecule has 0 unspecified atom stereocenters.